The van der Waals surface area contributed by atoms with Crippen LogP contribution in [0.3, 0.4) is 0 Å². The van der Waals surface area contributed by atoms with Crippen molar-refractivity contribution < 1.29 is 18.3 Å². The van der Waals surface area contributed by atoms with E-state index in [4.69, 9.17) is 10.4 Å². The van der Waals surface area contributed by atoms with E-state index in [1.54, 1.807) is 6.07 Å². The molecular formula is C10H9BrN2O4S. The second-order valence-corrected chi connectivity index (χ2v) is 6.33. The van der Waals surface area contributed by atoms with Gasteiger partial charge in [0.1, 0.15) is 0 Å². The number of hydrogen-bond donors (Lipinski definition) is 2. The van der Waals surface area contributed by atoms with Crippen molar-refractivity contribution in [3.8, 4) is 6.07 Å². The Morgan fingerprint density at radius 1 is 1.56 bits per heavy atom. The van der Waals surface area contributed by atoms with Crippen LogP contribution in [0.5, 0.6) is 0 Å². The highest BCUT2D eigenvalue weighted by atomic mass is 79.9. The lowest BCUT2D eigenvalue weighted by Crippen LogP contribution is -2.24. The number of halogens is 1. The van der Waals surface area contributed by atoms with E-state index >= 15 is 0 Å². The third-order valence-corrected chi connectivity index (χ3v) is 4.15. The van der Waals surface area contributed by atoms with E-state index in [1.807, 2.05) is 0 Å². The van der Waals surface area contributed by atoms with Crippen LogP contribution in [0.25, 0.3) is 0 Å². The maximum atomic E-state index is 11.7. The predicted molar refractivity (Wildman–Crippen MR) is 68.7 cm³/mol. The van der Waals surface area contributed by atoms with E-state index in [1.165, 1.54) is 25.1 Å². The van der Waals surface area contributed by atoms with Crippen LogP contribution in [-0.4, -0.2) is 24.7 Å². The number of benzene rings is 1. The molecule has 0 radical (unpaired) electrons. The zero-order valence-electron chi connectivity index (χ0n) is 9.21. The summed E-state index contributed by atoms with van der Waals surface area (Å²) in [5.41, 5.74) is -0.272. The topological polar surface area (TPSA) is 107 Å². The van der Waals surface area contributed by atoms with Crippen molar-refractivity contribution in [2.45, 2.75) is 12.2 Å². The van der Waals surface area contributed by atoms with E-state index in [0.29, 0.717) is 4.47 Å². The number of aromatic carboxylic acids is 1. The summed E-state index contributed by atoms with van der Waals surface area (Å²) in [7, 11) is -3.92. The van der Waals surface area contributed by atoms with Crippen molar-refractivity contribution in [1.82, 2.24) is 0 Å². The van der Waals surface area contributed by atoms with Crippen molar-refractivity contribution in [3.63, 3.8) is 0 Å². The summed E-state index contributed by atoms with van der Waals surface area (Å²) in [6.45, 7) is 1.21. The molecule has 1 atom stereocenters. The normalized spacial score (nSPS) is 12.5. The molecule has 0 saturated carbocycles. The van der Waals surface area contributed by atoms with Gasteiger partial charge >= 0.3 is 5.97 Å². The summed E-state index contributed by atoms with van der Waals surface area (Å²) in [6, 6.07) is 5.67. The maximum absolute atomic E-state index is 11.7. The molecule has 0 aliphatic carbocycles. The minimum atomic E-state index is -3.92. The largest absolute Gasteiger partial charge is 0.478 e. The summed E-state index contributed by atoms with van der Waals surface area (Å²) in [4.78, 5) is 11.0. The Morgan fingerprint density at radius 2 is 2.17 bits per heavy atom. The summed E-state index contributed by atoms with van der Waals surface area (Å²) in [5, 5.41) is 16.3. The molecule has 1 aromatic carbocycles. The van der Waals surface area contributed by atoms with Crippen LogP contribution in [0.15, 0.2) is 22.7 Å². The van der Waals surface area contributed by atoms with Gasteiger partial charge in [-0.15, -0.1) is 0 Å². The number of nitrogens with zero attached hydrogens (tertiary/aromatic N) is 1. The number of nitriles is 1. The van der Waals surface area contributed by atoms with Gasteiger partial charge in [0.15, 0.2) is 5.25 Å². The average Bonchev–Trinajstić information content (AvgIpc) is 2.29. The molecule has 0 aliphatic heterocycles. The molecule has 0 amide bonds. The summed E-state index contributed by atoms with van der Waals surface area (Å²) in [5.74, 6) is -1.27. The Morgan fingerprint density at radius 3 is 2.67 bits per heavy atom. The number of rotatable bonds is 4. The molecule has 0 aliphatic rings. The van der Waals surface area contributed by atoms with Crippen molar-refractivity contribution in [3.05, 3.63) is 28.2 Å². The minimum Gasteiger partial charge on any atom is -0.478 e. The molecule has 0 bridgehead atoms. The van der Waals surface area contributed by atoms with Crippen molar-refractivity contribution >= 4 is 37.6 Å². The lowest BCUT2D eigenvalue weighted by atomic mass is 10.2. The van der Waals surface area contributed by atoms with Gasteiger partial charge in [-0.3, -0.25) is 4.72 Å². The highest BCUT2D eigenvalue weighted by Crippen LogP contribution is 2.22. The highest BCUT2D eigenvalue weighted by molar-refractivity contribution is 9.10. The van der Waals surface area contributed by atoms with Gasteiger partial charge in [-0.05, 0) is 25.1 Å². The van der Waals surface area contributed by atoms with Crippen LogP contribution in [-0.2, 0) is 10.0 Å². The molecular weight excluding hydrogens is 324 g/mol. The summed E-state index contributed by atoms with van der Waals surface area (Å²) < 4.78 is 25.9. The molecule has 0 aromatic heterocycles. The van der Waals surface area contributed by atoms with E-state index in [-0.39, 0.29) is 11.3 Å². The second kappa shape index (κ2) is 5.37. The van der Waals surface area contributed by atoms with E-state index in [2.05, 4.69) is 20.7 Å². The lowest BCUT2D eigenvalue weighted by Gasteiger charge is -2.11. The fraction of sp³-hybridized carbons (Fsp3) is 0.200. The minimum absolute atomic E-state index is 0.0761. The molecule has 8 heteroatoms. The number of carboxylic acid groups (broad SMARTS) is 1. The molecule has 18 heavy (non-hydrogen) atoms. The van der Waals surface area contributed by atoms with Crippen molar-refractivity contribution in [2.75, 3.05) is 4.72 Å². The molecule has 1 rings (SSSR count). The second-order valence-electron chi connectivity index (χ2n) is 3.41. The summed E-state index contributed by atoms with van der Waals surface area (Å²) >= 11 is 3.09. The number of carboxylic acids is 1. The lowest BCUT2D eigenvalue weighted by molar-refractivity contribution is 0.0698. The van der Waals surface area contributed by atoms with Crippen molar-refractivity contribution in [2.24, 2.45) is 0 Å². The van der Waals surface area contributed by atoms with Gasteiger partial charge in [0.25, 0.3) is 0 Å². The first-order valence-corrected chi connectivity index (χ1v) is 7.06. The molecule has 0 saturated heterocycles. The van der Waals surface area contributed by atoms with E-state index in [0.717, 1.165) is 0 Å². The molecule has 0 heterocycles. The standard InChI is InChI=1S/C10H9BrN2O4S/c1-6(5-12)18(16,17)13-9-3-2-7(11)4-8(9)10(14)15/h2-4,6,13H,1H3,(H,14,15). The first kappa shape index (κ1) is 14.5. The Bertz CT molecular complexity index is 621. The van der Waals surface area contributed by atoms with Crippen molar-refractivity contribution in [1.29, 1.82) is 5.26 Å². The van der Waals surface area contributed by atoms with Gasteiger partial charge in [-0.2, -0.15) is 5.26 Å². The predicted octanol–water partition coefficient (Wildman–Crippen LogP) is 1.80. The first-order chi connectivity index (χ1) is 8.27. The smallest absolute Gasteiger partial charge is 0.337 e. The molecule has 2 N–H and O–H groups in total. The number of anilines is 1. The molecule has 6 nitrogen and oxygen atoms in total. The van der Waals surface area contributed by atoms with Gasteiger partial charge in [0, 0.05) is 4.47 Å². The van der Waals surface area contributed by atoms with Crippen LogP contribution < -0.4 is 4.72 Å². The van der Waals surface area contributed by atoms with Gasteiger partial charge in [-0.1, -0.05) is 15.9 Å². The third kappa shape index (κ3) is 3.21. The fourth-order valence-electron chi connectivity index (χ4n) is 1.09. The molecule has 0 spiro atoms. The van der Waals surface area contributed by atoms with Gasteiger partial charge in [0.2, 0.25) is 10.0 Å². The SMILES string of the molecule is CC(C#N)S(=O)(=O)Nc1ccc(Br)cc1C(=O)O. The molecule has 1 unspecified atom stereocenters. The Hall–Kier alpha value is -1.59. The number of sulfonamides is 1. The Labute approximate surface area is 112 Å². The highest BCUT2D eigenvalue weighted by Gasteiger charge is 2.22. The van der Waals surface area contributed by atoms with E-state index < -0.39 is 21.2 Å². The maximum Gasteiger partial charge on any atom is 0.337 e. The number of hydrogen-bond acceptors (Lipinski definition) is 4. The van der Waals surface area contributed by atoms with Crippen LogP contribution in [0.2, 0.25) is 0 Å². The quantitative estimate of drug-likeness (QED) is 0.874. The van der Waals surface area contributed by atoms with Gasteiger partial charge in [0.05, 0.1) is 17.3 Å². The number of nitrogens with one attached hydrogen (secondary N) is 1. The van der Waals surface area contributed by atoms with Crippen LogP contribution >= 0.6 is 15.9 Å². The monoisotopic (exact) mass is 332 g/mol. The van der Waals surface area contributed by atoms with Crippen LogP contribution in [0, 0.1) is 11.3 Å². The van der Waals surface area contributed by atoms with Crippen LogP contribution in [0.4, 0.5) is 5.69 Å². The van der Waals surface area contributed by atoms with Gasteiger partial charge < -0.3 is 5.11 Å². The van der Waals surface area contributed by atoms with E-state index in [9.17, 15) is 13.2 Å². The average molecular weight is 333 g/mol. The Kier molecular flexibility index (Phi) is 4.32. The third-order valence-electron chi connectivity index (χ3n) is 2.11. The van der Waals surface area contributed by atoms with Crippen LogP contribution in [0.1, 0.15) is 17.3 Å². The Balaban J connectivity index is 3.21. The number of carbonyl (C=O) groups is 1. The zero-order chi connectivity index (χ0) is 13.9. The van der Waals surface area contributed by atoms with Gasteiger partial charge in [-0.25, -0.2) is 13.2 Å². The fourth-order valence-corrected chi connectivity index (χ4v) is 2.25. The zero-order valence-corrected chi connectivity index (χ0v) is 11.6. The summed E-state index contributed by atoms with van der Waals surface area (Å²) in [6.07, 6.45) is 0. The molecule has 1 aromatic rings. The molecule has 96 valence electrons. The molecule has 0 fully saturated rings. The first-order valence-electron chi connectivity index (χ1n) is 4.72.